The molecule has 1 atom stereocenters. The predicted octanol–water partition coefficient (Wildman–Crippen LogP) is 3.56. The molecular weight excluding hydrogens is 252 g/mol. The SMILES string of the molecule is C/C=C/[C@@](CCO)(c1ccc(OC)c(OC)c1)C(C)C. The second-order valence-electron chi connectivity index (χ2n) is 5.24. The van der Waals surface area contributed by atoms with E-state index in [-0.39, 0.29) is 12.0 Å². The molecule has 3 nitrogen and oxygen atoms in total. The number of hydrogen-bond donors (Lipinski definition) is 1. The maximum Gasteiger partial charge on any atom is 0.161 e. The van der Waals surface area contributed by atoms with Crippen molar-refractivity contribution in [1.82, 2.24) is 0 Å². The molecule has 0 aliphatic carbocycles. The van der Waals surface area contributed by atoms with Gasteiger partial charge in [0.1, 0.15) is 0 Å². The summed E-state index contributed by atoms with van der Waals surface area (Å²) >= 11 is 0. The summed E-state index contributed by atoms with van der Waals surface area (Å²) in [6.45, 7) is 6.50. The van der Waals surface area contributed by atoms with Gasteiger partial charge in [-0.3, -0.25) is 0 Å². The molecule has 0 spiro atoms. The summed E-state index contributed by atoms with van der Waals surface area (Å²) in [5.74, 6) is 1.81. The molecule has 0 amide bonds. The van der Waals surface area contributed by atoms with Gasteiger partial charge in [0.15, 0.2) is 11.5 Å². The van der Waals surface area contributed by atoms with Crippen LogP contribution in [0, 0.1) is 5.92 Å². The lowest BCUT2D eigenvalue weighted by atomic mass is 9.69. The van der Waals surface area contributed by atoms with E-state index >= 15 is 0 Å². The van der Waals surface area contributed by atoms with Crippen molar-refractivity contribution >= 4 is 0 Å². The Bertz CT molecular complexity index is 452. The zero-order valence-corrected chi connectivity index (χ0v) is 13.1. The largest absolute Gasteiger partial charge is 0.493 e. The smallest absolute Gasteiger partial charge is 0.161 e. The summed E-state index contributed by atoms with van der Waals surface area (Å²) in [4.78, 5) is 0. The first-order chi connectivity index (χ1) is 9.55. The molecular formula is C17H26O3. The van der Waals surface area contributed by atoms with Gasteiger partial charge in [0.2, 0.25) is 0 Å². The Hall–Kier alpha value is -1.48. The molecule has 0 fully saturated rings. The maximum atomic E-state index is 9.48. The number of aliphatic hydroxyl groups excluding tert-OH is 1. The zero-order valence-electron chi connectivity index (χ0n) is 13.1. The van der Waals surface area contributed by atoms with Crippen molar-refractivity contribution in [2.45, 2.75) is 32.6 Å². The van der Waals surface area contributed by atoms with Crippen LogP contribution in [-0.2, 0) is 5.41 Å². The number of hydrogen-bond acceptors (Lipinski definition) is 3. The summed E-state index contributed by atoms with van der Waals surface area (Å²) < 4.78 is 10.7. The minimum atomic E-state index is -0.191. The zero-order chi connectivity index (χ0) is 15.2. The third-order valence-corrected chi connectivity index (χ3v) is 3.94. The molecule has 20 heavy (non-hydrogen) atoms. The fraction of sp³-hybridized carbons (Fsp3) is 0.529. The van der Waals surface area contributed by atoms with E-state index in [4.69, 9.17) is 9.47 Å². The Kier molecular flexibility index (Phi) is 6.08. The molecule has 1 N–H and O–H groups in total. The molecule has 1 aromatic rings. The highest BCUT2D eigenvalue weighted by atomic mass is 16.5. The van der Waals surface area contributed by atoms with Crippen molar-refractivity contribution in [3.63, 3.8) is 0 Å². The molecule has 0 heterocycles. The predicted molar refractivity (Wildman–Crippen MR) is 82.6 cm³/mol. The van der Waals surface area contributed by atoms with Crippen LogP contribution in [0.4, 0.5) is 0 Å². The maximum absolute atomic E-state index is 9.48. The molecule has 0 aromatic heterocycles. The van der Waals surface area contributed by atoms with Crippen LogP contribution in [0.25, 0.3) is 0 Å². The molecule has 0 unspecified atom stereocenters. The Balaban J connectivity index is 3.40. The number of aliphatic hydroxyl groups is 1. The van der Waals surface area contributed by atoms with Crippen molar-refractivity contribution in [3.8, 4) is 11.5 Å². The molecule has 1 aromatic carbocycles. The van der Waals surface area contributed by atoms with E-state index in [9.17, 15) is 5.11 Å². The third kappa shape index (κ3) is 3.15. The van der Waals surface area contributed by atoms with E-state index in [2.05, 4.69) is 26.0 Å². The van der Waals surface area contributed by atoms with E-state index < -0.39 is 0 Å². The van der Waals surface area contributed by atoms with Crippen molar-refractivity contribution in [1.29, 1.82) is 0 Å². The van der Waals surface area contributed by atoms with Gasteiger partial charge in [-0.25, -0.2) is 0 Å². The van der Waals surface area contributed by atoms with Gasteiger partial charge in [-0.05, 0) is 37.0 Å². The lowest BCUT2D eigenvalue weighted by Crippen LogP contribution is -2.31. The summed E-state index contributed by atoms with van der Waals surface area (Å²) in [5, 5.41) is 9.48. The molecule has 0 radical (unpaired) electrons. The molecule has 1 rings (SSSR count). The molecule has 0 saturated carbocycles. The average Bonchev–Trinajstić information content (AvgIpc) is 2.45. The minimum Gasteiger partial charge on any atom is -0.493 e. The normalized spacial score (nSPS) is 14.6. The topological polar surface area (TPSA) is 38.7 Å². The quantitative estimate of drug-likeness (QED) is 0.775. The monoisotopic (exact) mass is 278 g/mol. The highest BCUT2D eigenvalue weighted by molar-refractivity contribution is 5.47. The Morgan fingerprint density at radius 2 is 1.85 bits per heavy atom. The fourth-order valence-electron chi connectivity index (χ4n) is 2.75. The highest BCUT2D eigenvalue weighted by Crippen LogP contribution is 2.41. The van der Waals surface area contributed by atoms with Crippen LogP contribution in [0.1, 0.15) is 32.8 Å². The lowest BCUT2D eigenvalue weighted by Gasteiger charge is -2.35. The first kappa shape index (κ1) is 16.6. The third-order valence-electron chi connectivity index (χ3n) is 3.94. The summed E-state index contributed by atoms with van der Waals surface area (Å²) in [6.07, 6.45) is 4.91. The molecule has 0 aliphatic heterocycles. The van der Waals surface area contributed by atoms with Gasteiger partial charge < -0.3 is 14.6 Å². The van der Waals surface area contributed by atoms with Crippen molar-refractivity contribution < 1.29 is 14.6 Å². The van der Waals surface area contributed by atoms with Crippen LogP contribution in [0.3, 0.4) is 0 Å². The van der Waals surface area contributed by atoms with Crippen LogP contribution in [0.2, 0.25) is 0 Å². The molecule has 3 heteroatoms. The molecule has 0 bridgehead atoms. The van der Waals surface area contributed by atoms with E-state index in [0.29, 0.717) is 12.3 Å². The number of benzene rings is 1. The lowest BCUT2D eigenvalue weighted by molar-refractivity contribution is 0.229. The first-order valence-corrected chi connectivity index (χ1v) is 7.03. The number of allylic oxidation sites excluding steroid dienone is 2. The fourth-order valence-corrected chi connectivity index (χ4v) is 2.75. The number of methoxy groups -OCH3 is 2. The van der Waals surface area contributed by atoms with Gasteiger partial charge >= 0.3 is 0 Å². The van der Waals surface area contributed by atoms with Crippen LogP contribution >= 0.6 is 0 Å². The molecule has 112 valence electrons. The summed E-state index contributed by atoms with van der Waals surface area (Å²) in [7, 11) is 3.27. The Labute approximate surface area is 122 Å². The summed E-state index contributed by atoms with van der Waals surface area (Å²) in [6, 6.07) is 5.98. The van der Waals surface area contributed by atoms with Gasteiger partial charge in [-0.2, -0.15) is 0 Å². The highest BCUT2D eigenvalue weighted by Gasteiger charge is 2.33. The second kappa shape index (κ2) is 7.34. The Morgan fingerprint density at radius 1 is 1.20 bits per heavy atom. The van der Waals surface area contributed by atoms with Crippen LogP contribution in [0.15, 0.2) is 30.4 Å². The summed E-state index contributed by atoms with van der Waals surface area (Å²) in [5.41, 5.74) is 0.945. The van der Waals surface area contributed by atoms with E-state index in [1.54, 1.807) is 14.2 Å². The molecule has 0 saturated heterocycles. The second-order valence-corrected chi connectivity index (χ2v) is 5.24. The van der Waals surface area contributed by atoms with Gasteiger partial charge in [-0.1, -0.05) is 32.1 Å². The van der Waals surface area contributed by atoms with Gasteiger partial charge in [0.05, 0.1) is 14.2 Å². The molecule has 0 aliphatic rings. The van der Waals surface area contributed by atoms with Gasteiger partial charge in [-0.15, -0.1) is 0 Å². The van der Waals surface area contributed by atoms with Crippen LogP contribution < -0.4 is 9.47 Å². The Morgan fingerprint density at radius 3 is 2.30 bits per heavy atom. The first-order valence-electron chi connectivity index (χ1n) is 7.03. The van der Waals surface area contributed by atoms with Gasteiger partial charge in [0, 0.05) is 12.0 Å². The van der Waals surface area contributed by atoms with Crippen molar-refractivity contribution in [3.05, 3.63) is 35.9 Å². The average molecular weight is 278 g/mol. The van der Waals surface area contributed by atoms with E-state index in [1.807, 2.05) is 25.1 Å². The van der Waals surface area contributed by atoms with Crippen LogP contribution in [0.5, 0.6) is 11.5 Å². The van der Waals surface area contributed by atoms with E-state index in [1.165, 1.54) is 0 Å². The van der Waals surface area contributed by atoms with Crippen LogP contribution in [-0.4, -0.2) is 25.9 Å². The minimum absolute atomic E-state index is 0.150. The standard InChI is InChI=1S/C17H26O3/c1-6-9-17(10-11-18,13(2)3)14-7-8-15(19-4)16(12-14)20-5/h6-9,12-13,18H,10-11H2,1-5H3/b9-6+/t17-/m0/s1. The van der Waals surface area contributed by atoms with E-state index in [0.717, 1.165) is 17.1 Å². The van der Waals surface area contributed by atoms with Crippen molar-refractivity contribution in [2.75, 3.05) is 20.8 Å². The number of rotatable bonds is 7. The van der Waals surface area contributed by atoms with Gasteiger partial charge in [0.25, 0.3) is 0 Å². The number of ether oxygens (including phenoxy) is 2. The van der Waals surface area contributed by atoms with Crippen molar-refractivity contribution in [2.24, 2.45) is 5.92 Å².